The normalized spacial score (nSPS) is 23.9. The Labute approximate surface area is 102 Å². The van der Waals surface area contributed by atoms with Crippen LogP contribution in [0.4, 0.5) is 0 Å². The molecule has 90 valence electrons. The van der Waals surface area contributed by atoms with Crippen LogP contribution >= 0.6 is 12.4 Å². The fourth-order valence-corrected chi connectivity index (χ4v) is 2.12. The van der Waals surface area contributed by atoms with Crippen molar-refractivity contribution in [2.24, 2.45) is 5.73 Å². The number of benzene rings is 1. The van der Waals surface area contributed by atoms with E-state index in [0.29, 0.717) is 0 Å². The lowest BCUT2D eigenvalue weighted by molar-refractivity contribution is 0.144. The van der Waals surface area contributed by atoms with Gasteiger partial charge in [-0.25, -0.2) is 0 Å². The van der Waals surface area contributed by atoms with Gasteiger partial charge >= 0.3 is 0 Å². The second-order valence-corrected chi connectivity index (χ2v) is 4.07. The molecule has 0 saturated heterocycles. The number of nitrogens with two attached hydrogens (primary N) is 1. The van der Waals surface area contributed by atoms with Crippen molar-refractivity contribution in [3.63, 3.8) is 0 Å². The maximum atomic E-state index is 10.0. The summed E-state index contributed by atoms with van der Waals surface area (Å²) in [4.78, 5) is 0. The Balaban J connectivity index is 0.00000128. The van der Waals surface area contributed by atoms with Crippen molar-refractivity contribution in [2.45, 2.75) is 31.4 Å². The number of hydrogen-bond acceptors (Lipinski definition) is 3. The molecule has 2 unspecified atom stereocenters. The first-order valence-electron chi connectivity index (χ1n) is 5.33. The molecule has 1 aliphatic rings. The van der Waals surface area contributed by atoms with Crippen molar-refractivity contribution in [3.05, 3.63) is 29.3 Å². The number of halogens is 1. The number of fused-ring (bicyclic) bond motifs is 1. The van der Waals surface area contributed by atoms with E-state index in [9.17, 15) is 5.11 Å². The molecular weight excluding hydrogens is 226 g/mol. The smallest absolute Gasteiger partial charge is 0.119 e. The fourth-order valence-electron chi connectivity index (χ4n) is 2.12. The zero-order valence-electron chi connectivity index (χ0n) is 9.35. The standard InChI is InChI=1S/C12H17NO2.ClH/c1-15-9-6-5-8-3-2-4-11(13)12(14)10(8)7-9;/h5-7,11-12,14H,2-4,13H2,1H3;1H. The van der Waals surface area contributed by atoms with E-state index < -0.39 is 6.10 Å². The van der Waals surface area contributed by atoms with Gasteiger partial charge < -0.3 is 15.6 Å². The predicted molar refractivity (Wildman–Crippen MR) is 66.1 cm³/mol. The lowest BCUT2D eigenvalue weighted by Gasteiger charge is -2.18. The summed E-state index contributed by atoms with van der Waals surface area (Å²) in [7, 11) is 1.63. The third-order valence-corrected chi connectivity index (χ3v) is 3.06. The molecular formula is C12H18ClNO2. The molecule has 0 heterocycles. The highest BCUT2D eigenvalue weighted by atomic mass is 35.5. The van der Waals surface area contributed by atoms with Gasteiger partial charge in [-0.2, -0.15) is 0 Å². The Bertz CT molecular complexity index is 357. The number of rotatable bonds is 1. The Kier molecular flexibility index (Phi) is 4.59. The van der Waals surface area contributed by atoms with Gasteiger partial charge in [0.1, 0.15) is 5.75 Å². The molecule has 1 aromatic rings. The first-order valence-corrected chi connectivity index (χ1v) is 5.33. The third-order valence-electron chi connectivity index (χ3n) is 3.06. The van der Waals surface area contributed by atoms with E-state index in [1.807, 2.05) is 18.2 Å². The highest BCUT2D eigenvalue weighted by Gasteiger charge is 2.23. The van der Waals surface area contributed by atoms with E-state index in [-0.39, 0.29) is 18.4 Å². The van der Waals surface area contributed by atoms with Crippen LogP contribution in [0.1, 0.15) is 30.1 Å². The second kappa shape index (κ2) is 5.53. The van der Waals surface area contributed by atoms with Gasteiger partial charge in [-0.3, -0.25) is 0 Å². The molecule has 0 aromatic heterocycles. The summed E-state index contributed by atoms with van der Waals surface area (Å²) in [6.07, 6.45) is 2.34. The minimum atomic E-state index is -0.558. The highest BCUT2D eigenvalue weighted by Crippen LogP contribution is 2.30. The SMILES string of the molecule is COc1ccc2c(c1)C(O)C(N)CCC2.Cl. The van der Waals surface area contributed by atoms with Crippen molar-refractivity contribution < 1.29 is 9.84 Å². The summed E-state index contributed by atoms with van der Waals surface area (Å²) in [5.41, 5.74) is 8.01. The van der Waals surface area contributed by atoms with Crippen molar-refractivity contribution in [2.75, 3.05) is 7.11 Å². The molecule has 0 fully saturated rings. The molecule has 1 aliphatic carbocycles. The van der Waals surface area contributed by atoms with Gasteiger partial charge in [-0.15, -0.1) is 12.4 Å². The summed E-state index contributed by atoms with van der Waals surface area (Å²) in [5, 5.41) is 10.0. The molecule has 3 N–H and O–H groups in total. The number of ether oxygens (including phenoxy) is 1. The van der Waals surface area contributed by atoms with Crippen LogP contribution in [0.5, 0.6) is 5.75 Å². The zero-order valence-corrected chi connectivity index (χ0v) is 10.2. The minimum absolute atomic E-state index is 0. The maximum absolute atomic E-state index is 10.0. The van der Waals surface area contributed by atoms with E-state index in [1.54, 1.807) is 7.11 Å². The lowest BCUT2D eigenvalue weighted by atomic mass is 9.99. The van der Waals surface area contributed by atoms with Gasteiger partial charge in [-0.1, -0.05) is 6.07 Å². The highest BCUT2D eigenvalue weighted by molar-refractivity contribution is 5.85. The van der Waals surface area contributed by atoms with Crippen LogP contribution in [0.15, 0.2) is 18.2 Å². The topological polar surface area (TPSA) is 55.5 Å². The largest absolute Gasteiger partial charge is 0.497 e. The quantitative estimate of drug-likeness (QED) is 0.740. The monoisotopic (exact) mass is 243 g/mol. The summed E-state index contributed by atoms with van der Waals surface area (Å²) >= 11 is 0. The number of methoxy groups -OCH3 is 1. The van der Waals surface area contributed by atoms with Gasteiger partial charge in [0.25, 0.3) is 0 Å². The van der Waals surface area contributed by atoms with Crippen LogP contribution in [0.25, 0.3) is 0 Å². The van der Waals surface area contributed by atoms with Gasteiger partial charge in [0.2, 0.25) is 0 Å². The molecule has 0 spiro atoms. The fraction of sp³-hybridized carbons (Fsp3) is 0.500. The molecule has 0 bridgehead atoms. The molecule has 2 atom stereocenters. The number of hydrogen-bond donors (Lipinski definition) is 2. The molecule has 3 nitrogen and oxygen atoms in total. The summed E-state index contributed by atoms with van der Waals surface area (Å²) in [6, 6.07) is 5.70. The van der Waals surface area contributed by atoms with Crippen LogP contribution in [-0.2, 0) is 6.42 Å². The Hall–Kier alpha value is -0.770. The molecule has 0 amide bonds. The van der Waals surface area contributed by atoms with Crippen molar-refractivity contribution in [3.8, 4) is 5.75 Å². The first kappa shape index (κ1) is 13.3. The Morgan fingerprint density at radius 2 is 2.19 bits per heavy atom. The Morgan fingerprint density at radius 1 is 1.44 bits per heavy atom. The minimum Gasteiger partial charge on any atom is -0.497 e. The molecule has 2 rings (SSSR count). The molecule has 1 aromatic carbocycles. The first-order chi connectivity index (χ1) is 7.22. The van der Waals surface area contributed by atoms with Crippen LogP contribution in [0.3, 0.4) is 0 Å². The third kappa shape index (κ3) is 2.48. The summed E-state index contributed by atoms with van der Waals surface area (Å²) < 4.78 is 5.15. The van der Waals surface area contributed by atoms with E-state index in [4.69, 9.17) is 10.5 Å². The van der Waals surface area contributed by atoms with Gasteiger partial charge in [0, 0.05) is 6.04 Å². The van der Waals surface area contributed by atoms with E-state index in [0.717, 1.165) is 30.6 Å². The van der Waals surface area contributed by atoms with Crippen LogP contribution in [-0.4, -0.2) is 18.3 Å². The summed E-state index contributed by atoms with van der Waals surface area (Å²) in [6.45, 7) is 0. The van der Waals surface area contributed by atoms with Crippen molar-refractivity contribution in [1.29, 1.82) is 0 Å². The van der Waals surface area contributed by atoms with Gasteiger partial charge in [0.15, 0.2) is 0 Å². The number of aliphatic hydroxyl groups is 1. The maximum Gasteiger partial charge on any atom is 0.119 e. The molecule has 4 heteroatoms. The Morgan fingerprint density at radius 3 is 2.88 bits per heavy atom. The molecule has 0 aliphatic heterocycles. The lowest BCUT2D eigenvalue weighted by Crippen LogP contribution is -2.27. The average Bonchev–Trinajstić information content (AvgIpc) is 2.40. The van der Waals surface area contributed by atoms with Gasteiger partial charge in [0.05, 0.1) is 13.2 Å². The van der Waals surface area contributed by atoms with Crippen LogP contribution in [0.2, 0.25) is 0 Å². The number of aliphatic hydroxyl groups excluding tert-OH is 1. The van der Waals surface area contributed by atoms with Crippen molar-refractivity contribution >= 4 is 12.4 Å². The van der Waals surface area contributed by atoms with Crippen LogP contribution in [0, 0.1) is 0 Å². The molecule has 0 saturated carbocycles. The molecule has 0 radical (unpaired) electrons. The second-order valence-electron chi connectivity index (χ2n) is 4.07. The predicted octanol–water partition coefficient (Wildman–Crippen LogP) is 1.81. The van der Waals surface area contributed by atoms with E-state index in [1.165, 1.54) is 5.56 Å². The summed E-state index contributed by atoms with van der Waals surface area (Å²) in [5.74, 6) is 0.780. The van der Waals surface area contributed by atoms with Crippen LogP contribution < -0.4 is 10.5 Å². The number of aryl methyl sites for hydroxylation is 1. The van der Waals surface area contributed by atoms with Crippen molar-refractivity contribution in [1.82, 2.24) is 0 Å². The van der Waals surface area contributed by atoms with E-state index >= 15 is 0 Å². The van der Waals surface area contributed by atoms with Gasteiger partial charge in [-0.05, 0) is 42.5 Å². The zero-order chi connectivity index (χ0) is 10.8. The average molecular weight is 244 g/mol. The molecule has 16 heavy (non-hydrogen) atoms. The van der Waals surface area contributed by atoms with E-state index in [2.05, 4.69) is 0 Å².